The number of carbonyl (C=O) groups is 1. The number of rotatable bonds is 6. The van der Waals surface area contributed by atoms with Gasteiger partial charge in [0.05, 0.1) is 13.2 Å². The third-order valence-electron chi connectivity index (χ3n) is 5.30. The summed E-state index contributed by atoms with van der Waals surface area (Å²) in [5, 5.41) is 3.18. The average molecular weight is 418 g/mol. The zero-order chi connectivity index (χ0) is 21.8. The number of aryl methyl sites for hydroxylation is 1. The summed E-state index contributed by atoms with van der Waals surface area (Å²) in [6.45, 7) is 3.86. The second-order valence-corrected chi connectivity index (χ2v) is 7.86. The van der Waals surface area contributed by atoms with Crippen LogP contribution in [-0.2, 0) is 12.8 Å². The monoisotopic (exact) mass is 418 g/mol. The van der Waals surface area contributed by atoms with Gasteiger partial charge in [-0.25, -0.2) is 15.0 Å². The average Bonchev–Trinajstić information content (AvgIpc) is 2.78. The molecule has 0 saturated carbocycles. The minimum Gasteiger partial charge on any atom is -0.475 e. The van der Waals surface area contributed by atoms with Crippen LogP contribution in [0.2, 0.25) is 0 Å². The van der Waals surface area contributed by atoms with E-state index < -0.39 is 0 Å². The molecule has 0 unspecified atom stereocenters. The van der Waals surface area contributed by atoms with Crippen LogP contribution >= 0.6 is 0 Å². The van der Waals surface area contributed by atoms with E-state index in [1.807, 2.05) is 13.8 Å². The number of ether oxygens (including phenoxy) is 2. The summed E-state index contributed by atoms with van der Waals surface area (Å²) in [4.78, 5) is 25.5. The molecule has 2 aromatic heterocycles. The number of hydrogen-bond acceptors (Lipinski definition) is 6. The fourth-order valence-electron chi connectivity index (χ4n) is 3.87. The van der Waals surface area contributed by atoms with Gasteiger partial charge in [-0.3, -0.25) is 4.79 Å². The molecule has 1 N–H and O–H groups in total. The van der Waals surface area contributed by atoms with Gasteiger partial charge in [-0.1, -0.05) is 18.2 Å². The Morgan fingerprint density at radius 3 is 2.71 bits per heavy atom. The van der Waals surface area contributed by atoms with Crippen molar-refractivity contribution in [3.05, 3.63) is 65.6 Å². The molecule has 1 atom stereocenters. The molecule has 1 amide bonds. The Morgan fingerprint density at radius 1 is 1.16 bits per heavy atom. The van der Waals surface area contributed by atoms with Gasteiger partial charge in [0.15, 0.2) is 0 Å². The van der Waals surface area contributed by atoms with E-state index in [0.29, 0.717) is 17.5 Å². The molecule has 4 rings (SSSR count). The van der Waals surface area contributed by atoms with Crippen molar-refractivity contribution in [1.29, 1.82) is 0 Å². The topological polar surface area (TPSA) is 86.2 Å². The number of fused-ring (bicyclic) bond motifs is 1. The number of nitrogens with zero attached hydrogens (tertiary/aromatic N) is 3. The quantitative estimate of drug-likeness (QED) is 0.658. The van der Waals surface area contributed by atoms with Crippen molar-refractivity contribution in [2.24, 2.45) is 0 Å². The Kier molecular flexibility index (Phi) is 6.11. The highest BCUT2D eigenvalue weighted by Crippen LogP contribution is 2.31. The predicted octanol–water partition coefficient (Wildman–Crippen LogP) is 3.62. The van der Waals surface area contributed by atoms with Crippen LogP contribution in [0.4, 0.5) is 0 Å². The minimum atomic E-state index is -0.116. The first-order valence-corrected chi connectivity index (χ1v) is 10.4. The van der Waals surface area contributed by atoms with Gasteiger partial charge in [-0.05, 0) is 55.9 Å². The van der Waals surface area contributed by atoms with E-state index in [4.69, 9.17) is 9.47 Å². The fraction of sp³-hybridized carbons (Fsp3) is 0.333. The summed E-state index contributed by atoms with van der Waals surface area (Å²) >= 11 is 0. The molecule has 0 spiro atoms. The van der Waals surface area contributed by atoms with Crippen LogP contribution in [-0.4, -0.2) is 40.1 Å². The summed E-state index contributed by atoms with van der Waals surface area (Å²) < 4.78 is 10.7. The molecule has 0 aliphatic heterocycles. The fourth-order valence-corrected chi connectivity index (χ4v) is 3.87. The van der Waals surface area contributed by atoms with Crippen molar-refractivity contribution in [1.82, 2.24) is 20.3 Å². The van der Waals surface area contributed by atoms with E-state index in [0.717, 1.165) is 30.4 Å². The largest absolute Gasteiger partial charge is 0.475 e. The Bertz CT molecular complexity index is 1070. The standard InChI is InChI=1S/C24H26N4O3/c1-15(2)31-22-11-17(9-10-25-22)23(29)28-19-8-7-16-5-4-6-20(21(16)12-19)18-13-26-24(30-3)27-14-18/h4-6,9-11,13-15,19H,7-8,12H2,1-3H3,(H,28,29)/t19-/m1/s1. The second kappa shape index (κ2) is 9.12. The number of aromatic nitrogens is 3. The second-order valence-electron chi connectivity index (χ2n) is 7.86. The van der Waals surface area contributed by atoms with Crippen LogP contribution in [0.3, 0.4) is 0 Å². The highest BCUT2D eigenvalue weighted by Gasteiger charge is 2.23. The Balaban J connectivity index is 1.51. The van der Waals surface area contributed by atoms with E-state index in [9.17, 15) is 4.79 Å². The summed E-state index contributed by atoms with van der Waals surface area (Å²) in [6, 6.07) is 10.1. The summed E-state index contributed by atoms with van der Waals surface area (Å²) in [5.74, 6) is 0.341. The maximum atomic E-state index is 12.9. The molecule has 0 fully saturated rings. The zero-order valence-electron chi connectivity index (χ0n) is 18.0. The molecule has 2 heterocycles. The zero-order valence-corrected chi connectivity index (χ0v) is 18.0. The number of pyridine rings is 1. The van der Waals surface area contributed by atoms with E-state index in [1.54, 1.807) is 37.8 Å². The molecule has 31 heavy (non-hydrogen) atoms. The van der Waals surface area contributed by atoms with Crippen molar-refractivity contribution >= 4 is 5.91 Å². The van der Waals surface area contributed by atoms with Crippen LogP contribution in [0.1, 0.15) is 41.8 Å². The lowest BCUT2D eigenvalue weighted by Crippen LogP contribution is -2.39. The molecular weight excluding hydrogens is 392 g/mol. The third-order valence-corrected chi connectivity index (χ3v) is 5.30. The van der Waals surface area contributed by atoms with Gasteiger partial charge in [-0.15, -0.1) is 0 Å². The summed E-state index contributed by atoms with van der Waals surface area (Å²) in [7, 11) is 1.55. The molecular formula is C24H26N4O3. The number of amides is 1. The first-order valence-electron chi connectivity index (χ1n) is 10.4. The molecule has 0 bridgehead atoms. The maximum Gasteiger partial charge on any atom is 0.316 e. The normalized spacial score (nSPS) is 15.3. The lowest BCUT2D eigenvalue weighted by molar-refractivity contribution is 0.0932. The maximum absolute atomic E-state index is 12.9. The molecule has 0 radical (unpaired) electrons. The first kappa shape index (κ1) is 20.8. The van der Waals surface area contributed by atoms with E-state index in [2.05, 4.69) is 38.5 Å². The first-order chi connectivity index (χ1) is 15.0. The van der Waals surface area contributed by atoms with Gasteiger partial charge in [-0.2, -0.15) is 0 Å². The van der Waals surface area contributed by atoms with E-state index in [1.165, 1.54) is 11.1 Å². The molecule has 1 aliphatic rings. The highest BCUT2D eigenvalue weighted by molar-refractivity contribution is 5.94. The molecule has 7 heteroatoms. The van der Waals surface area contributed by atoms with Crippen LogP contribution in [0.25, 0.3) is 11.1 Å². The number of nitrogens with one attached hydrogen (secondary N) is 1. The molecule has 1 aromatic carbocycles. The SMILES string of the molecule is COc1ncc(-c2cccc3c2C[C@H](NC(=O)c2ccnc(OC(C)C)c2)CC3)cn1. The van der Waals surface area contributed by atoms with E-state index >= 15 is 0 Å². The van der Waals surface area contributed by atoms with Gasteiger partial charge < -0.3 is 14.8 Å². The smallest absolute Gasteiger partial charge is 0.316 e. The van der Waals surface area contributed by atoms with Crippen molar-refractivity contribution in [2.75, 3.05) is 7.11 Å². The van der Waals surface area contributed by atoms with Gasteiger partial charge >= 0.3 is 6.01 Å². The molecule has 1 aliphatic carbocycles. The highest BCUT2D eigenvalue weighted by atomic mass is 16.5. The van der Waals surface area contributed by atoms with Crippen LogP contribution < -0.4 is 14.8 Å². The van der Waals surface area contributed by atoms with Gasteiger partial charge in [0.2, 0.25) is 5.88 Å². The van der Waals surface area contributed by atoms with Crippen molar-refractivity contribution in [3.63, 3.8) is 0 Å². The molecule has 160 valence electrons. The lowest BCUT2D eigenvalue weighted by atomic mass is 9.84. The van der Waals surface area contributed by atoms with Crippen LogP contribution in [0.15, 0.2) is 48.9 Å². The Labute approximate surface area is 181 Å². The predicted molar refractivity (Wildman–Crippen MR) is 117 cm³/mol. The lowest BCUT2D eigenvalue weighted by Gasteiger charge is -2.27. The molecule has 3 aromatic rings. The van der Waals surface area contributed by atoms with Crippen LogP contribution in [0.5, 0.6) is 11.9 Å². The molecule has 7 nitrogen and oxygen atoms in total. The Hall–Kier alpha value is -3.48. The van der Waals surface area contributed by atoms with Crippen LogP contribution in [0, 0.1) is 0 Å². The Morgan fingerprint density at radius 2 is 1.97 bits per heavy atom. The number of benzene rings is 1. The number of methoxy groups -OCH3 is 1. The van der Waals surface area contributed by atoms with Gasteiger partial charge in [0.25, 0.3) is 5.91 Å². The van der Waals surface area contributed by atoms with Crippen molar-refractivity contribution in [3.8, 4) is 23.0 Å². The van der Waals surface area contributed by atoms with Crippen molar-refractivity contribution < 1.29 is 14.3 Å². The molecule has 0 saturated heterocycles. The summed E-state index contributed by atoms with van der Waals surface area (Å²) in [5.41, 5.74) is 5.11. The number of hydrogen-bond donors (Lipinski definition) is 1. The van der Waals surface area contributed by atoms with Crippen molar-refractivity contribution in [2.45, 2.75) is 45.3 Å². The minimum absolute atomic E-state index is 0.000938. The van der Waals surface area contributed by atoms with Gasteiger partial charge in [0, 0.05) is 41.8 Å². The summed E-state index contributed by atoms with van der Waals surface area (Å²) in [6.07, 6.45) is 7.70. The third kappa shape index (κ3) is 4.82. The van der Waals surface area contributed by atoms with E-state index in [-0.39, 0.29) is 18.1 Å². The number of carbonyl (C=O) groups excluding carboxylic acids is 1. The van der Waals surface area contributed by atoms with Gasteiger partial charge in [0.1, 0.15) is 0 Å².